The number of hydrogen-bond acceptors (Lipinski definition) is 2. The van der Waals surface area contributed by atoms with Gasteiger partial charge in [-0.2, -0.15) is 0 Å². The van der Waals surface area contributed by atoms with Crippen molar-refractivity contribution in [2.24, 2.45) is 11.3 Å². The van der Waals surface area contributed by atoms with E-state index in [1.54, 1.807) is 6.92 Å². The molecule has 0 saturated heterocycles. The lowest BCUT2D eigenvalue weighted by Crippen LogP contribution is -2.53. The predicted molar refractivity (Wildman–Crippen MR) is 71.1 cm³/mol. The molecular weight excluding hydrogens is 226 g/mol. The Bertz CT molecular complexity index is 327. The summed E-state index contributed by atoms with van der Waals surface area (Å²) >= 11 is 0. The van der Waals surface area contributed by atoms with Gasteiger partial charge >= 0.3 is 0 Å². The van der Waals surface area contributed by atoms with Gasteiger partial charge < -0.3 is 5.32 Å². The number of ketones is 1. The Kier molecular flexibility index (Phi) is 4.08. The van der Waals surface area contributed by atoms with E-state index in [-0.39, 0.29) is 29.1 Å². The van der Waals surface area contributed by atoms with Crippen LogP contribution in [0.1, 0.15) is 65.2 Å². The Morgan fingerprint density at radius 3 is 2.17 bits per heavy atom. The van der Waals surface area contributed by atoms with Crippen molar-refractivity contribution in [3.05, 3.63) is 0 Å². The van der Waals surface area contributed by atoms with Gasteiger partial charge in [-0.3, -0.25) is 9.59 Å². The molecule has 0 spiro atoms. The molecular formula is C15H25NO2. The predicted octanol–water partition coefficient (Wildman–Crippen LogP) is 2.83. The Balaban J connectivity index is 2.02. The fourth-order valence-corrected chi connectivity index (χ4v) is 3.35. The monoisotopic (exact) mass is 251 g/mol. The molecule has 3 nitrogen and oxygen atoms in total. The maximum atomic E-state index is 12.1. The zero-order chi connectivity index (χ0) is 13.2. The van der Waals surface area contributed by atoms with Crippen LogP contribution in [0.2, 0.25) is 0 Å². The third-order valence-corrected chi connectivity index (χ3v) is 4.86. The third kappa shape index (κ3) is 2.76. The molecule has 2 rings (SSSR count). The quantitative estimate of drug-likeness (QED) is 0.835. The van der Waals surface area contributed by atoms with E-state index >= 15 is 0 Å². The topological polar surface area (TPSA) is 46.2 Å². The lowest BCUT2D eigenvalue weighted by atomic mass is 9.69. The number of carbonyl (C=O) groups is 2. The van der Waals surface area contributed by atoms with E-state index in [0.29, 0.717) is 0 Å². The summed E-state index contributed by atoms with van der Waals surface area (Å²) in [6.07, 6.45) is 8.88. The molecule has 1 unspecified atom stereocenters. The third-order valence-electron chi connectivity index (χ3n) is 4.86. The highest BCUT2D eigenvalue weighted by Crippen LogP contribution is 2.39. The number of hydrogen-bond donors (Lipinski definition) is 1. The first kappa shape index (κ1) is 13.6. The maximum Gasteiger partial charge on any atom is 0.223 e. The van der Waals surface area contributed by atoms with Crippen molar-refractivity contribution in [2.45, 2.75) is 71.3 Å². The minimum atomic E-state index is -0.272. The molecule has 0 radical (unpaired) electrons. The van der Waals surface area contributed by atoms with E-state index < -0.39 is 0 Å². The van der Waals surface area contributed by atoms with Crippen molar-refractivity contribution in [3.63, 3.8) is 0 Å². The highest BCUT2D eigenvalue weighted by atomic mass is 16.2. The van der Waals surface area contributed by atoms with Gasteiger partial charge in [0.2, 0.25) is 5.91 Å². The average molecular weight is 251 g/mol. The van der Waals surface area contributed by atoms with Gasteiger partial charge in [0, 0.05) is 5.92 Å². The zero-order valence-electron chi connectivity index (χ0n) is 11.6. The second-order valence-electron chi connectivity index (χ2n) is 6.39. The largest absolute Gasteiger partial charge is 0.346 e. The number of nitrogens with one attached hydrogen (secondary N) is 1. The standard InChI is InChI=1S/C15H25NO2/c1-11(17)13(15(2)9-4-3-5-10-15)16-14(18)12-7-6-8-12/h12-13H,3-10H2,1-2H3,(H,16,18). The molecule has 102 valence electrons. The molecule has 1 atom stereocenters. The first-order valence-corrected chi connectivity index (χ1v) is 7.34. The Morgan fingerprint density at radius 1 is 1.11 bits per heavy atom. The lowest BCUT2D eigenvalue weighted by molar-refractivity contribution is -0.134. The Labute approximate surface area is 110 Å². The van der Waals surface area contributed by atoms with Gasteiger partial charge in [0.15, 0.2) is 5.78 Å². The number of carbonyl (C=O) groups excluding carboxylic acids is 2. The summed E-state index contributed by atoms with van der Waals surface area (Å²) in [6.45, 7) is 3.78. The van der Waals surface area contributed by atoms with Crippen LogP contribution in [-0.4, -0.2) is 17.7 Å². The normalized spacial score (nSPS) is 25.0. The van der Waals surface area contributed by atoms with Crippen molar-refractivity contribution >= 4 is 11.7 Å². The molecule has 1 amide bonds. The molecule has 2 saturated carbocycles. The highest BCUT2D eigenvalue weighted by molar-refractivity contribution is 5.89. The summed E-state index contributed by atoms with van der Waals surface area (Å²) in [7, 11) is 0. The van der Waals surface area contributed by atoms with Crippen LogP contribution in [0.4, 0.5) is 0 Å². The molecule has 0 heterocycles. The molecule has 0 aromatic carbocycles. The minimum Gasteiger partial charge on any atom is -0.346 e. The molecule has 2 fully saturated rings. The highest BCUT2D eigenvalue weighted by Gasteiger charge is 2.40. The molecule has 3 heteroatoms. The Hall–Kier alpha value is -0.860. The van der Waals surface area contributed by atoms with Crippen LogP contribution < -0.4 is 5.32 Å². The van der Waals surface area contributed by atoms with E-state index in [2.05, 4.69) is 12.2 Å². The van der Waals surface area contributed by atoms with Crippen LogP contribution in [-0.2, 0) is 9.59 Å². The number of amides is 1. The van der Waals surface area contributed by atoms with Crippen LogP contribution in [0.5, 0.6) is 0 Å². The average Bonchev–Trinajstić information content (AvgIpc) is 2.24. The van der Waals surface area contributed by atoms with Gasteiger partial charge in [-0.05, 0) is 38.0 Å². The molecule has 18 heavy (non-hydrogen) atoms. The van der Waals surface area contributed by atoms with E-state index in [1.165, 1.54) is 19.3 Å². The van der Waals surface area contributed by atoms with Crippen molar-refractivity contribution in [1.82, 2.24) is 5.32 Å². The summed E-state index contributed by atoms with van der Waals surface area (Å²) in [5.74, 6) is 0.388. The van der Waals surface area contributed by atoms with E-state index in [0.717, 1.165) is 32.1 Å². The number of Topliss-reactive ketones (excluding diaryl/α,β-unsaturated/α-hetero) is 1. The van der Waals surface area contributed by atoms with Crippen LogP contribution in [0.25, 0.3) is 0 Å². The zero-order valence-corrected chi connectivity index (χ0v) is 11.6. The minimum absolute atomic E-state index is 0.0243. The van der Waals surface area contributed by atoms with Crippen molar-refractivity contribution in [2.75, 3.05) is 0 Å². The fourth-order valence-electron chi connectivity index (χ4n) is 3.35. The van der Waals surface area contributed by atoms with Crippen molar-refractivity contribution in [1.29, 1.82) is 0 Å². The van der Waals surface area contributed by atoms with E-state index in [1.807, 2.05) is 0 Å². The first-order valence-electron chi connectivity index (χ1n) is 7.34. The van der Waals surface area contributed by atoms with E-state index in [9.17, 15) is 9.59 Å². The maximum absolute atomic E-state index is 12.1. The Morgan fingerprint density at radius 2 is 1.72 bits per heavy atom. The molecule has 0 bridgehead atoms. The van der Waals surface area contributed by atoms with Gasteiger partial charge in [-0.25, -0.2) is 0 Å². The first-order chi connectivity index (χ1) is 8.53. The second kappa shape index (κ2) is 5.41. The smallest absolute Gasteiger partial charge is 0.223 e. The summed E-state index contributed by atoms with van der Waals surface area (Å²) in [6, 6.07) is -0.272. The SMILES string of the molecule is CC(=O)C(NC(=O)C1CCC1)C1(C)CCCCC1. The van der Waals surface area contributed by atoms with Gasteiger partial charge in [0.25, 0.3) is 0 Å². The molecule has 0 aliphatic heterocycles. The van der Waals surface area contributed by atoms with Gasteiger partial charge in [-0.1, -0.05) is 32.6 Å². The number of rotatable bonds is 4. The summed E-state index contributed by atoms with van der Waals surface area (Å²) in [4.78, 5) is 24.0. The van der Waals surface area contributed by atoms with Crippen molar-refractivity contribution < 1.29 is 9.59 Å². The van der Waals surface area contributed by atoms with E-state index in [4.69, 9.17) is 0 Å². The van der Waals surface area contributed by atoms with Crippen LogP contribution in [0, 0.1) is 11.3 Å². The summed E-state index contributed by atoms with van der Waals surface area (Å²) in [5, 5.41) is 3.04. The van der Waals surface area contributed by atoms with Crippen LogP contribution >= 0.6 is 0 Å². The van der Waals surface area contributed by atoms with Gasteiger partial charge in [-0.15, -0.1) is 0 Å². The lowest BCUT2D eigenvalue weighted by Gasteiger charge is -2.40. The molecule has 2 aliphatic carbocycles. The van der Waals surface area contributed by atoms with Crippen LogP contribution in [0.15, 0.2) is 0 Å². The molecule has 0 aromatic heterocycles. The molecule has 1 N–H and O–H groups in total. The van der Waals surface area contributed by atoms with Crippen molar-refractivity contribution in [3.8, 4) is 0 Å². The summed E-state index contributed by atoms with van der Waals surface area (Å²) < 4.78 is 0. The van der Waals surface area contributed by atoms with Gasteiger partial charge in [0.1, 0.15) is 0 Å². The summed E-state index contributed by atoms with van der Waals surface area (Å²) in [5.41, 5.74) is -0.0243. The van der Waals surface area contributed by atoms with Gasteiger partial charge in [0.05, 0.1) is 6.04 Å². The second-order valence-corrected chi connectivity index (χ2v) is 6.39. The molecule has 2 aliphatic rings. The van der Waals surface area contributed by atoms with Crippen LogP contribution in [0.3, 0.4) is 0 Å². The fraction of sp³-hybridized carbons (Fsp3) is 0.867. The molecule has 0 aromatic rings.